The number of rotatable bonds is 4. The molecule has 4 rings (SSSR count). The molecule has 160 valence electrons. The summed E-state index contributed by atoms with van der Waals surface area (Å²) in [5, 5.41) is 25.9. The molecule has 0 fully saturated rings. The van der Waals surface area contributed by atoms with Crippen molar-refractivity contribution >= 4 is 68.5 Å². The van der Waals surface area contributed by atoms with Gasteiger partial charge in [0.1, 0.15) is 11.5 Å². The molecule has 1 heterocycles. The smallest absolute Gasteiger partial charge is 0.335 e. The normalized spacial score (nSPS) is 14.7. The highest BCUT2D eigenvalue weighted by molar-refractivity contribution is 9.10. The predicted octanol–water partition coefficient (Wildman–Crippen LogP) is 5.99. The molecule has 0 bridgehead atoms. The van der Waals surface area contributed by atoms with Crippen LogP contribution in [0.1, 0.15) is 21.5 Å². The number of carbonyl (C=O) groups is 2. The number of phenols is 1. The lowest BCUT2D eigenvalue weighted by molar-refractivity contribution is -0.114. The van der Waals surface area contributed by atoms with Crippen LogP contribution in [-0.4, -0.2) is 27.8 Å². The second kappa shape index (κ2) is 8.78. The van der Waals surface area contributed by atoms with E-state index in [0.717, 1.165) is 5.01 Å². The van der Waals surface area contributed by atoms with Gasteiger partial charge in [0.25, 0.3) is 5.91 Å². The number of carbonyl (C=O) groups excluding carboxylic acids is 1. The van der Waals surface area contributed by atoms with E-state index in [4.69, 9.17) is 28.3 Å². The molecule has 1 aliphatic heterocycles. The van der Waals surface area contributed by atoms with Crippen molar-refractivity contribution in [2.75, 3.05) is 5.01 Å². The van der Waals surface area contributed by atoms with Gasteiger partial charge < -0.3 is 10.2 Å². The van der Waals surface area contributed by atoms with E-state index in [-0.39, 0.29) is 22.6 Å². The number of nitrogens with zero attached hydrogens (tertiary/aromatic N) is 2. The summed E-state index contributed by atoms with van der Waals surface area (Å²) in [6, 6.07) is 15.5. The first-order chi connectivity index (χ1) is 15.2. The summed E-state index contributed by atoms with van der Waals surface area (Å²) in [7, 11) is 0. The Bertz CT molecular complexity index is 1320. The maximum absolute atomic E-state index is 13.3. The Morgan fingerprint density at radius 2 is 1.72 bits per heavy atom. The summed E-state index contributed by atoms with van der Waals surface area (Å²) >= 11 is 15.5. The fourth-order valence-corrected chi connectivity index (χ4v) is 3.80. The van der Waals surface area contributed by atoms with Crippen molar-refractivity contribution in [2.45, 2.75) is 0 Å². The molecule has 0 aliphatic carbocycles. The maximum atomic E-state index is 13.3. The van der Waals surface area contributed by atoms with Crippen LogP contribution in [0, 0.1) is 0 Å². The minimum absolute atomic E-state index is 0.0529. The quantitative estimate of drug-likeness (QED) is 0.404. The number of aromatic carboxylic acids is 1. The third kappa shape index (κ3) is 4.27. The molecule has 0 saturated heterocycles. The van der Waals surface area contributed by atoms with Crippen LogP contribution in [0.5, 0.6) is 5.75 Å². The van der Waals surface area contributed by atoms with Gasteiger partial charge in [0, 0.05) is 10.0 Å². The van der Waals surface area contributed by atoms with Crippen LogP contribution in [0.2, 0.25) is 10.0 Å². The molecule has 0 atom stereocenters. The number of carboxylic acid groups (broad SMARTS) is 1. The molecule has 1 aliphatic rings. The van der Waals surface area contributed by atoms with Gasteiger partial charge in [0.2, 0.25) is 0 Å². The van der Waals surface area contributed by atoms with Gasteiger partial charge >= 0.3 is 5.97 Å². The summed E-state index contributed by atoms with van der Waals surface area (Å²) < 4.78 is 0.693. The molecular formula is C23H13BrCl2N2O4. The average Bonchev–Trinajstić information content (AvgIpc) is 3.08. The lowest BCUT2D eigenvalue weighted by atomic mass is 9.99. The zero-order chi connectivity index (χ0) is 23.0. The molecule has 9 heteroatoms. The average molecular weight is 532 g/mol. The van der Waals surface area contributed by atoms with Crippen LogP contribution in [-0.2, 0) is 4.79 Å². The molecule has 0 spiro atoms. The van der Waals surface area contributed by atoms with Crippen LogP contribution in [0.15, 0.2) is 75.8 Å². The Morgan fingerprint density at radius 1 is 1.00 bits per heavy atom. The second-order valence-corrected chi connectivity index (χ2v) is 8.54. The van der Waals surface area contributed by atoms with Crippen molar-refractivity contribution in [3.05, 3.63) is 97.4 Å². The monoisotopic (exact) mass is 530 g/mol. The number of halogens is 3. The molecule has 32 heavy (non-hydrogen) atoms. The largest absolute Gasteiger partial charge is 0.507 e. The number of amides is 1. The van der Waals surface area contributed by atoms with Gasteiger partial charge in [-0.15, -0.1) is 0 Å². The highest BCUT2D eigenvalue weighted by Gasteiger charge is 2.33. The number of carboxylic acids is 1. The van der Waals surface area contributed by atoms with Gasteiger partial charge in [0.15, 0.2) is 0 Å². The van der Waals surface area contributed by atoms with Crippen LogP contribution in [0.25, 0.3) is 6.08 Å². The van der Waals surface area contributed by atoms with Gasteiger partial charge in [0.05, 0.1) is 26.9 Å². The molecule has 1 amide bonds. The summed E-state index contributed by atoms with van der Waals surface area (Å²) in [4.78, 5) is 24.5. The Kier molecular flexibility index (Phi) is 6.06. The summed E-state index contributed by atoms with van der Waals surface area (Å²) in [5.41, 5.74) is 1.91. The molecular weight excluding hydrogens is 519 g/mol. The summed E-state index contributed by atoms with van der Waals surface area (Å²) in [6.45, 7) is 0. The van der Waals surface area contributed by atoms with Crippen molar-refractivity contribution in [3.63, 3.8) is 0 Å². The van der Waals surface area contributed by atoms with Gasteiger partial charge in [-0.25, -0.2) is 4.79 Å². The van der Waals surface area contributed by atoms with E-state index in [0.29, 0.717) is 31.3 Å². The number of aromatic hydroxyl groups is 1. The van der Waals surface area contributed by atoms with Crippen LogP contribution in [0.3, 0.4) is 0 Å². The molecule has 2 N–H and O–H groups in total. The number of phenolic OH excluding ortho intramolecular Hbond substituents is 1. The van der Waals surface area contributed by atoms with E-state index in [9.17, 15) is 14.7 Å². The maximum Gasteiger partial charge on any atom is 0.335 e. The standard InChI is InChI=1S/C23H13BrCl2N2O4/c24-14-4-8-20(29)16(11-14)21-17(9-12-1-7-18(25)19(26)10-12)22(30)28(27-21)15-5-2-13(3-6-15)23(31)32/h1-11,29H,(H,31,32)/b17-9+. The van der Waals surface area contributed by atoms with E-state index in [1.54, 1.807) is 36.4 Å². The Morgan fingerprint density at radius 3 is 2.38 bits per heavy atom. The molecule has 0 unspecified atom stereocenters. The van der Waals surface area contributed by atoms with Crippen molar-refractivity contribution in [2.24, 2.45) is 5.10 Å². The van der Waals surface area contributed by atoms with Crippen molar-refractivity contribution in [1.82, 2.24) is 0 Å². The zero-order valence-electron chi connectivity index (χ0n) is 16.1. The Labute approximate surface area is 201 Å². The molecule has 3 aromatic carbocycles. The first kappa shape index (κ1) is 22.1. The third-order valence-electron chi connectivity index (χ3n) is 4.71. The first-order valence-corrected chi connectivity index (χ1v) is 10.7. The molecule has 0 aromatic heterocycles. The molecule has 0 radical (unpaired) electrons. The molecule has 6 nitrogen and oxygen atoms in total. The van der Waals surface area contributed by atoms with E-state index < -0.39 is 11.9 Å². The van der Waals surface area contributed by atoms with Crippen molar-refractivity contribution in [1.29, 1.82) is 0 Å². The fourth-order valence-electron chi connectivity index (χ4n) is 3.13. The molecule has 0 saturated carbocycles. The van der Waals surface area contributed by atoms with E-state index in [1.165, 1.54) is 30.3 Å². The number of benzene rings is 3. The van der Waals surface area contributed by atoms with Gasteiger partial charge in [-0.05, 0) is 66.2 Å². The third-order valence-corrected chi connectivity index (χ3v) is 5.94. The minimum Gasteiger partial charge on any atom is -0.507 e. The van der Waals surface area contributed by atoms with E-state index >= 15 is 0 Å². The Hall–Kier alpha value is -3.13. The first-order valence-electron chi connectivity index (χ1n) is 9.17. The highest BCUT2D eigenvalue weighted by atomic mass is 79.9. The number of hydrogen-bond donors (Lipinski definition) is 2. The zero-order valence-corrected chi connectivity index (χ0v) is 19.2. The SMILES string of the molecule is O=C(O)c1ccc(N2N=C(c3cc(Br)ccc3O)/C(=C\c3ccc(Cl)c(Cl)c3)C2=O)cc1. The predicted molar refractivity (Wildman–Crippen MR) is 128 cm³/mol. The van der Waals surface area contributed by atoms with Gasteiger partial charge in [-0.2, -0.15) is 10.1 Å². The Balaban J connectivity index is 1.85. The summed E-state index contributed by atoms with van der Waals surface area (Å²) in [5.74, 6) is -1.58. The minimum atomic E-state index is -1.08. The summed E-state index contributed by atoms with van der Waals surface area (Å²) in [6.07, 6.45) is 1.61. The fraction of sp³-hybridized carbons (Fsp3) is 0. The topological polar surface area (TPSA) is 90.2 Å². The van der Waals surface area contributed by atoms with Gasteiger partial charge in [-0.3, -0.25) is 4.79 Å². The molecule has 3 aromatic rings. The highest BCUT2D eigenvalue weighted by Crippen LogP contribution is 2.33. The van der Waals surface area contributed by atoms with Crippen molar-refractivity contribution in [3.8, 4) is 5.75 Å². The lowest BCUT2D eigenvalue weighted by Crippen LogP contribution is -2.21. The van der Waals surface area contributed by atoms with Crippen molar-refractivity contribution < 1.29 is 19.8 Å². The van der Waals surface area contributed by atoms with Crippen LogP contribution in [0.4, 0.5) is 5.69 Å². The van der Waals surface area contributed by atoms with Gasteiger partial charge in [-0.1, -0.05) is 45.2 Å². The van der Waals surface area contributed by atoms with E-state index in [2.05, 4.69) is 21.0 Å². The number of hydrazone groups is 1. The number of anilines is 1. The van der Waals surface area contributed by atoms with Crippen LogP contribution >= 0.6 is 39.1 Å². The van der Waals surface area contributed by atoms with Crippen LogP contribution < -0.4 is 5.01 Å². The number of hydrogen-bond acceptors (Lipinski definition) is 4. The van der Waals surface area contributed by atoms with E-state index in [1.807, 2.05) is 0 Å². The lowest BCUT2D eigenvalue weighted by Gasteiger charge is -2.11. The second-order valence-electron chi connectivity index (χ2n) is 6.81.